The zero-order valence-corrected chi connectivity index (χ0v) is 9.60. The molecular formula is C11H16N4O. The third-order valence-corrected chi connectivity index (χ3v) is 1.75. The summed E-state index contributed by atoms with van der Waals surface area (Å²) in [7, 11) is 0. The molecular weight excluding hydrogens is 204 g/mol. The Morgan fingerprint density at radius 3 is 3.06 bits per heavy atom. The Morgan fingerprint density at radius 1 is 1.56 bits per heavy atom. The van der Waals surface area contributed by atoms with Crippen LogP contribution in [0, 0.1) is 17.2 Å². The van der Waals surface area contributed by atoms with E-state index >= 15 is 0 Å². The van der Waals surface area contributed by atoms with Crippen LogP contribution in [0.5, 0.6) is 0 Å². The van der Waals surface area contributed by atoms with Gasteiger partial charge >= 0.3 is 0 Å². The average molecular weight is 220 g/mol. The normalized spacial score (nSPS) is 10.1. The number of hydrogen-bond donors (Lipinski definition) is 1. The van der Waals surface area contributed by atoms with Gasteiger partial charge in [0.25, 0.3) is 0 Å². The Balaban J connectivity index is 2.24. The first-order chi connectivity index (χ1) is 7.72. The molecule has 86 valence electrons. The maximum atomic E-state index is 8.64. The topological polar surface area (TPSA) is 70.8 Å². The fourth-order valence-corrected chi connectivity index (χ4v) is 1.06. The van der Waals surface area contributed by atoms with E-state index in [0.717, 1.165) is 6.61 Å². The van der Waals surface area contributed by atoms with E-state index in [1.165, 1.54) is 0 Å². The number of nitrogens with one attached hydrogen (secondary N) is 1. The molecule has 0 aliphatic rings. The van der Waals surface area contributed by atoms with Gasteiger partial charge in [-0.2, -0.15) is 5.26 Å². The Morgan fingerprint density at radius 2 is 2.38 bits per heavy atom. The number of rotatable bonds is 6. The van der Waals surface area contributed by atoms with Crippen LogP contribution in [0.3, 0.4) is 0 Å². The molecule has 0 saturated heterocycles. The summed E-state index contributed by atoms with van der Waals surface area (Å²) in [6.07, 6.45) is 1.56. The maximum Gasteiger partial charge on any atom is 0.223 e. The van der Waals surface area contributed by atoms with Crippen LogP contribution >= 0.6 is 0 Å². The maximum absolute atomic E-state index is 8.64. The molecule has 0 radical (unpaired) electrons. The van der Waals surface area contributed by atoms with Gasteiger partial charge in [0.2, 0.25) is 5.95 Å². The molecule has 1 N–H and O–H groups in total. The van der Waals surface area contributed by atoms with Crippen molar-refractivity contribution in [1.82, 2.24) is 9.97 Å². The minimum atomic E-state index is 0.362. The van der Waals surface area contributed by atoms with Gasteiger partial charge in [-0.3, -0.25) is 0 Å². The van der Waals surface area contributed by atoms with Gasteiger partial charge in [0.1, 0.15) is 11.8 Å². The highest BCUT2D eigenvalue weighted by molar-refractivity contribution is 5.29. The monoisotopic (exact) mass is 220 g/mol. The predicted molar refractivity (Wildman–Crippen MR) is 60.9 cm³/mol. The molecule has 0 aliphatic carbocycles. The van der Waals surface area contributed by atoms with E-state index in [1.807, 2.05) is 6.07 Å². The van der Waals surface area contributed by atoms with E-state index in [1.54, 1.807) is 12.3 Å². The second-order valence-corrected chi connectivity index (χ2v) is 3.77. The molecule has 1 heterocycles. The van der Waals surface area contributed by atoms with Crippen LogP contribution in [-0.4, -0.2) is 29.7 Å². The lowest BCUT2D eigenvalue weighted by Crippen LogP contribution is -2.13. The van der Waals surface area contributed by atoms with E-state index in [0.29, 0.717) is 30.7 Å². The molecule has 5 heteroatoms. The number of nitriles is 1. The van der Waals surface area contributed by atoms with Crippen LogP contribution in [0.15, 0.2) is 12.3 Å². The Hall–Kier alpha value is -1.67. The molecule has 1 aromatic rings. The number of ether oxygens (including phenoxy) is 1. The van der Waals surface area contributed by atoms with Crippen LogP contribution in [-0.2, 0) is 4.74 Å². The second-order valence-electron chi connectivity index (χ2n) is 3.77. The van der Waals surface area contributed by atoms with Crippen molar-refractivity contribution in [3.05, 3.63) is 18.0 Å². The van der Waals surface area contributed by atoms with Crippen LogP contribution in [0.1, 0.15) is 19.5 Å². The molecule has 1 aromatic heterocycles. The van der Waals surface area contributed by atoms with E-state index in [-0.39, 0.29) is 0 Å². The zero-order valence-electron chi connectivity index (χ0n) is 9.60. The summed E-state index contributed by atoms with van der Waals surface area (Å²) < 4.78 is 5.39. The Kier molecular flexibility index (Phi) is 5.23. The van der Waals surface area contributed by atoms with E-state index in [4.69, 9.17) is 10.00 Å². The highest BCUT2D eigenvalue weighted by Crippen LogP contribution is 1.98. The third kappa shape index (κ3) is 4.71. The molecule has 0 amide bonds. The van der Waals surface area contributed by atoms with Crippen molar-refractivity contribution < 1.29 is 4.74 Å². The van der Waals surface area contributed by atoms with Gasteiger partial charge in [-0.1, -0.05) is 13.8 Å². The van der Waals surface area contributed by atoms with E-state index in [9.17, 15) is 0 Å². The molecule has 0 atom stereocenters. The van der Waals surface area contributed by atoms with Crippen molar-refractivity contribution >= 4 is 5.95 Å². The third-order valence-electron chi connectivity index (χ3n) is 1.75. The molecule has 0 spiro atoms. The minimum Gasteiger partial charge on any atom is -0.379 e. The van der Waals surface area contributed by atoms with Crippen LogP contribution in [0.25, 0.3) is 0 Å². The number of aromatic nitrogens is 2. The number of nitrogens with zero attached hydrogens (tertiary/aromatic N) is 3. The molecule has 1 rings (SSSR count). The molecule has 0 saturated carbocycles. The van der Waals surface area contributed by atoms with Gasteiger partial charge in [-0.15, -0.1) is 0 Å². The van der Waals surface area contributed by atoms with Crippen molar-refractivity contribution in [3.63, 3.8) is 0 Å². The summed E-state index contributed by atoms with van der Waals surface area (Å²) >= 11 is 0. The SMILES string of the molecule is CC(C)COCCNc1nccc(C#N)n1. The largest absolute Gasteiger partial charge is 0.379 e. The van der Waals surface area contributed by atoms with Crippen LogP contribution in [0.4, 0.5) is 5.95 Å². The first kappa shape index (κ1) is 12.4. The second kappa shape index (κ2) is 6.75. The predicted octanol–water partition coefficient (Wildman–Crippen LogP) is 1.43. The fraction of sp³-hybridized carbons (Fsp3) is 0.545. The fourth-order valence-electron chi connectivity index (χ4n) is 1.06. The summed E-state index contributed by atoms with van der Waals surface area (Å²) in [6.45, 7) is 6.21. The van der Waals surface area contributed by atoms with Crippen LogP contribution in [0.2, 0.25) is 0 Å². The summed E-state index contributed by atoms with van der Waals surface area (Å²) in [5, 5.41) is 11.6. The number of hydrogen-bond acceptors (Lipinski definition) is 5. The van der Waals surface area contributed by atoms with Gasteiger partial charge in [-0.05, 0) is 12.0 Å². The quantitative estimate of drug-likeness (QED) is 0.734. The van der Waals surface area contributed by atoms with Crippen molar-refractivity contribution in [1.29, 1.82) is 5.26 Å². The van der Waals surface area contributed by atoms with Gasteiger partial charge in [0.15, 0.2) is 0 Å². The first-order valence-electron chi connectivity index (χ1n) is 5.27. The average Bonchev–Trinajstić information content (AvgIpc) is 2.28. The lowest BCUT2D eigenvalue weighted by atomic mass is 10.2. The van der Waals surface area contributed by atoms with Crippen molar-refractivity contribution in [2.75, 3.05) is 25.1 Å². The lowest BCUT2D eigenvalue weighted by Gasteiger charge is -2.07. The lowest BCUT2D eigenvalue weighted by molar-refractivity contribution is 0.118. The van der Waals surface area contributed by atoms with Crippen molar-refractivity contribution in [2.45, 2.75) is 13.8 Å². The van der Waals surface area contributed by atoms with E-state index in [2.05, 4.69) is 29.1 Å². The molecule has 0 aliphatic heterocycles. The highest BCUT2D eigenvalue weighted by atomic mass is 16.5. The standard InChI is InChI=1S/C11H16N4O/c1-9(2)8-16-6-5-14-11-13-4-3-10(7-12)15-11/h3-4,9H,5-6,8H2,1-2H3,(H,13,14,15). The van der Waals surface area contributed by atoms with Gasteiger partial charge < -0.3 is 10.1 Å². The smallest absolute Gasteiger partial charge is 0.223 e. The molecule has 0 bridgehead atoms. The van der Waals surface area contributed by atoms with Gasteiger partial charge in [0, 0.05) is 19.3 Å². The van der Waals surface area contributed by atoms with Crippen molar-refractivity contribution in [2.24, 2.45) is 5.92 Å². The minimum absolute atomic E-state index is 0.362. The van der Waals surface area contributed by atoms with Gasteiger partial charge in [-0.25, -0.2) is 9.97 Å². The van der Waals surface area contributed by atoms with Crippen LogP contribution < -0.4 is 5.32 Å². The molecule has 0 fully saturated rings. The van der Waals surface area contributed by atoms with Crippen molar-refractivity contribution in [3.8, 4) is 6.07 Å². The molecule has 0 unspecified atom stereocenters. The number of anilines is 1. The molecule has 16 heavy (non-hydrogen) atoms. The molecule has 5 nitrogen and oxygen atoms in total. The van der Waals surface area contributed by atoms with E-state index < -0.39 is 0 Å². The Labute approximate surface area is 95.5 Å². The summed E-state index contributed by atoms with van der Waals surface area (Å²) in [5.74, 6) is 1.00. The highest BCUT2D eigenvalue weighted by Gasteiger charge is 1.98. The summed E-state index contributed by atoms with van der Waals surface area (Å²) in [4.78, 5) is 7.98. The van der Waals surface area contributed by atoms with Gasteiger partial charge in [0.05, 0.1) is 6.61 Å². The summed E-state index contributed by atoms with van der Waals surface area (Å²) in [5.41, 5.74) is 0.362. The summed E-state index contributed by atoms with van der Waals surface area (Å²) in [6, 6.07) is 3.53. The Bertz CT molecular complexity index is 359. The molecule has 0 aromatic carbocycles. The first-order valence-corrected chi connectivity index (χ1v) is 5.27. The zero-order chi connectivity index (χ0) is 11.8.